The fourth-order valence-electron chi connectivity index (χ4n) is 1.60. The highest BCUT2D eigenvalue weighted by Crippen LogP contribution is 2.28. The zero-order valence-corrected chi connectivity index (χ0v) is 12.0. The standard InChI is InChI=1S/C12H15Cl2N5/c1-2-16-11-9(13)7-10(14)12(18-11)17-4-6-19-5-3-15-8-19/h3,5,7-8H,2,4,6H2,1H3,(H2,16,17,18). The normalized spacial score (nSPS) is 10.5. The van der Waals surface area contributed by atoms with Crippen LogP contribution in [0.25, 0.3) is 0 Å². The van der Waals surface area contributed by atoms with E-state index in [1.54, 1.807) is 18.6 Å². The van der Waals surface area contributed by atoms with Gasteiger partial charge in [0.15, 0.2) is 0 Å². The molecule has 2 N–H and O–H groups in total. The summed E-state index contributed by atoms with van der Waals surface area (Å²) in [6.07, 6.45) is 5.42. The van der Waals surface area contributed by atoms with Gasteiger partial charge in [0.2, 0.25) is 0 Å². The minimum Gasteiger partial charge on any atom is -0.369 e. The maximum Gasteiger partial charge on any atom is 0.147 e. The zero-order chi connectivity index (χ0) is 13.7. The first kappa shape index (κ1) is 14.0. The van der Waals surface area contributed by atoms with Gasteiger partial charge in [-0.05, 0) is 13.0 Å². The van der Waals surface area contributed by atoms with Crippen LogP contribution in [0.15, 0.2) is 24.8 Å². The fraction of sp³-hybridized carbons (Fsp3) is 0.333. The molecule has 0 bridgehead atoms. The van der Waals surface area contributed by atoms with Crippen LogP contribution < -0.4 is 10.6 Å². The summed E-state index contributed by atoms with van der Waals surface area (Å²) in [7, 11) is 0. The second-order valence-electron chi connectivity index (χ2n) is 3.91. The van der Waals surface area contributed by atoms with Crippen molar-refractivity contribution in [3.05, 3.63) is 34.8 Å². The fourth-order valence-corrected chi connectivity index (χ4v) is 2.10. The molecule has 2 rings (SSSR count). The number of halogens is 2. The predicted octanol–water partition coefficient (Wildman–Crippen LogP) is 3.13. The molecule has 102 valence electrons. The lowest BCUT2D eigenvalue weighted by atomic mass is 10.4. The number of aromatic nitrogens is 3. The van der Waals surface area contributed by atoms with Gasteiger partial charge in [0.25, 0.3) is 0 Å². The molecule has 0 aliphatic carbocycles. The average molecular weight is 300 g/mol. The second kappa shape index (κ2) is 6.63. The summed E-state index contributed by atoms with van der Waals surface area (Å²) in [4.78, 5) is 8.35. The van der Waals surface area contributed by atoms with Crippen molar-refractivity contribution < 1.29 is 0 Å². The highest BCUT2D eigenvalue weighted by Gasteiger charge is 2.08. The van der Waals surface area contributed by atoms with Gasteiger partial charge in [-0.2, -0.15) is 0 Å². The molecule has 19 heavy (non-hydrogen) atoms. The van der Waals surface area contributed by atoms with Gasteiger partial charge in [-0.1, -0.05) is 23.2 Å². The van der Waals surface area contributed by atoms with Crippen molar-refractivity contribution in [2.75, 3.05) is 23.7 Å². The Morgan fingerprint density at radius 1 is 1.21 bits per heavy atom. The maximum atomic E-state index is 6.11. The van der Waals surface area contributed by atoms with E-state index in [9.17, 15) is 0 Å². The summed E-state index contributed by atoms with van der Waals surface area (Å²) in [5.41, 5.74) is 0. The molecule has 0 fully saturated rings. The maximum absolute atomic E-state index is 6.11. The molecule has 2 heterocycles. The lowest BCUT2D eigenvalue weighted by molar-refractivity contribution is 0.725. The topological polar surface area (TPSA) is 54.8 Å². The summed E-state index contributed by atoms with van der Waals surface area (Å²) in [6.45, 7) is 4.23. The van der Waals surface area contributed by atoms with Gasteiger partial charge in [-0.15, -0.1) is 0 Å². The van der Waals surface area contributed by atoms with Crippen molar-refractivity contribution in [2.24, 2.45) is 0 Å². The van der Waals surface area contributed by atoms with Crippen molar-refractivity contribution >= 4 is 34.8 Å². The van der Waals surface area contributed by atoms with E-state index in [4.69, 9.17) is 23.2 Å². The third kappa shape index (κ3) is 3.75. The van der Waals surface area contributed by atoms with Crippen LogP contribution in [0.3, 0.4) is 0 Å². The molecular weight excluding hydrogens is 285 g/mol. The summed E-state index contributed by atoms with van der Waals surface area (Å²) < 4.78 is 1.97. The molecule has 0 radical (unpaired) electrons. The minimum absolute atomic E-state index is 0.511. The Hall–Kier alpha value is -1.46. The molecule has 0 amide bonds. The first-order chi connectivity index (χ1) is 9.20. The highest BCUT2D eigenvalue weighted by atomic mass is 35.5. The van der Waals surface area contributed by atoms with E-state index in [1.165, 1.54) is 0 Å². The molecule has 0 atom stereocenters. The molecule has 2 aromatic rings. The zero-order valence-electron chi connectivity index (χ0n) is 10.5. The lowest BCUT2D eigenvalue weighted by Gasteiger charge is -2.11. The van der Waals surface area contributed by atoms with Crippen molar-refractivity contribution in [2.45, 2.75) is 13.5 Å². The van der Waals surface area contributed by atoms with Crippen molar-refractivity contribution in [1.82, 2.24) is 14.5 Å². The monoisotopic (exact) mass is 299 g/mol. The Bertz CT molecular complexity index is 527. The number of rotatable bonds is 6. The molecule has 0 saturated carbocycles. The van der Waals surface area contributed by atoms with Crippen LogP contribution in [0.5, 0.6) is 0 Å². The molecule has 0 aliphatic rings. The predicted molar refractivity (Wildman–Crippen MR) is 79.1 cm³/mol. The molecule has 0 aliphatic heterocycles. The van der Waals surface area contributed by atoms with Crippen molar-refractivity contribution in [1.29, 1.82) is 0 Å². The Kier molecular flexibility index (Phi) is 4.87. The van der Waals surface area contributed by atoms with E-state index in [-0.39, 0.29) is 0 Å². The van der Waals surface area contributed by atoms with Crippen LogP contribution in [-0.2, 0) is 6.54 Å². The van der Waals surface area contributed by atoms with Gasteiger partial charge in [-0.25, -0.2) is 9.97 Å². The Labute approximate surface area is 122 Å². The number of nitrogens with one attached hydrogen (secondary N) is 2. The number of hydrogen-bond acceptors (Lipinski definition) is 4. The number of nitrogens with zero attached hydrogens (tertiary/aromatic N) is 3. The molecule has 2 aromatic heterocycles. The number of anilines is 2. The Morgan fingerprint density at radius 3 is 2.58 bits per heavy atom. The van der Waals surface area contributed by atoms with Gasteiger partial charge in [0.1, 0.15) is 11.6 Å². The summed E-state index contributed by atoms with van der Waals surface area (Å²) >= 11 is 12.2. The van der Waals surface area contributed by atoms with Crippen LogP contribution in [-0.4, -0.2) is 27.6 Å². The molecule has 5 nitrogen and oxygen atoms in total. The van der Waals surface area contributed by atoms with Gasteiger partial charge < -0.3 is 15.2 Å². The van der Waals surface area contributed by atoms with E-state index in [0.717, 1.165) is 13.1 Å². The molecule has 0 spiro atoms. The lowest BCUT2D eigenvalue weighted by Crippen LogP contribution is -2.11. The molecular formula is C12H15Cl2N5. The van der Waals surface area contributed by atoms with Gasteiger partial charge >= 0.3 is 0 Å². The van der Waals surface area contributed by atoms with E-state index >= 15 is 0 Å². The van der Waals surface area contributed by atoms with Crippen LogP contribution in [0.4, 0.5) is 11.6 Å². The third-order valence-corrected chi connectivity index (χ3v) is 3.07. The first-order valence-corrected chi connectivity index (χ1v) is 6.76. The van der Waals surface area contributed by atoms with Gasteiger partial charge in [0.05, 0.1) is 16.4 Å². The van der Waals surface area contributed by atoms with Gasteiger partial charge in [0, 0.05) is 32.0 Å². The second-order valence-corrected chi connectivity index (χ2v) is 4.72. The molecule has 0 unspecified atom stereocenters. The van der Waals surface area contributed by atoms with E-state index in [0.29, 0.717) is 28.2 Å². The minimum atomic E-state index is 0.511. The summed E-state index contributed by atoms with van der Waals surface area (Å²) in [5, 5.41) is 7.31. The van der Waals surface area contributed by atoms with Crippen LogP contribution in [0.1, 0.15) is 6.92 Å². The smallest absolute Gasteiger partial charge is 0.147 e. The van der Waals surface area contributed by atoms with Crippen LogP contribution in [0.2, 0.25) is 10.0 Å². The SMILES string of the molecule is CCNc1nc(NCCn2ccnc2)c(Cl)cc1Cl. The Balaban J connectivity index is 2.00. The summed E-state index contributed by atoms with van der Waals surface area (Å²) in [6, 6.07) is 1.69. The average Bonchev–Trinajstić information content (AvgIpc) is 2.88. The molecule has 0 saturated heterocycles. The van der Waals surface area contributed by atoms with E-state index < -0.39 is 0 Å². The number of pyridine rings is 1. The number of hydrogen-bond donors (Lipinski definition) is 2. The van der Waals surface area contributed by atoms with Crippen molar-refractivity contribution in [3.63, 3.8) is 0 Å². The van der Waals surface area contributed by atoms with Crippen LogP contribution >= 0.6 is 23.2 Å². The third-order valence-electron chi connectivity index (χ3n) is 2.50. The Morgan fingerprint density at radius 2 is 1.95 bits per heavy atom. The number of imidazole rings is 1. The summed E-state index contributed by atoms with van der Waals surface area (Å²) in [5.74, 6) is 1.26. The van der Waals surface area contributed by atoms with Crippen LogP contribution in [0, 0.1) is 0 Å². The van der Waals surface area contributed by atoms with Crippen molar-refractivity contribution in [3.8, 4) is 0 Å². The molecule has 0 aromatic carbocycles. The first-order valence-electron chi connectivity index (χ1n) is 6.00. The molecule has 7 heteroatoms. The van der Waals surface area contributed by atoms with E-state index in [2.05, 4.69) is 20.6 Å². The largest absolute Gasteiger partial charge is 0.369 e. The van der Waals surface area contributed by atoms with Gasteiger partial charge in [-0.3, -0.25) is 0 Å². The van der Waals surface area contributed by atoms with E-state index in [1.807, 2.05) is 17.7 Å². The quantitative estimate of drug-likeness (QED) is 0.860. The highest BCUT2D eigenvalue weighted by molar-refractivity contribution is 6.37.